The van der Waals surface area contributed by atoms with Crippen LogP contribution in [0.5, 0.6) is 0 Å². The minimum atomic E-state index is -0.341. The van der Waals surface area contributed by atoms with E-state index in [0.717, 1.165) is 11.3 Å². The lowest BCUT2D eigenvalue weighted by atomic mass is 10.1. The quantitative estimate of drug-likeness (QED) is 0.469. The first-order chi connectivity index (χ1) is 15.6. The molecule has 0 atom stereocenters. The zero-order valence-corrected chi connectivity index (χ0v) is 17.7. The predicted octanol–water partition coefficient (Wildman–Crippen LogP) is 3.86. The summed E-state index contributed by atoms with van der Waals surface area (Å²) < 4.78 is 1.56. The van der Waals surface area contributed by atoms with Crippen LogP contribution in [0.4, 0.5) is 11.5 Å². The molecule has 1 amide bonds. The molecule has 0 radical (unpaired) electrons. The maximum atomic E-state index is 13.3. The number of hydrogen-bond donors (Lipinski definition) is 2. The summed E-state index contributed by atoms with van der Waals surface area (Å²) in [6.45, 7) is 2.52. The van der Waals surface area contributed by atoms with Crippen LogP contribution < -0.4 is 16.2 Å². The van der Waals surface area contributed by atoms with Gasteiger partial charge in [0.05, 0.1) is 23.5 Å². The number of rotatable bonds is 7. The number of hydrogen-bond acceptors (Lipinski definition) is 5. The predicted molar refractivity (Wildman–Crippen MR) is 125 cm³/mol. The SMILES string of the molecule is Cc1c(C(=O)Nc2ccccn2)c(NCc2ccccc2)cc(=O)n1Cc1ccccn1. The first-order valence-electron chi connectivity index (χ1n) is 10.3. The fraction of sp³-hybridized carbons (Fsp3) is 0.120. The van der Waals surface area contributed by atoms with E-state index in [1.807, 2.05) is 48.5 Å². The van der Waals surface area contributed by atoms with Crippen LogP contribution in [0.1, 0.15) is 27.3 Å². The van der Waals surface area contributed by atoms with Gasteiger partial charge in [-0.25, -0.2) is 4.98 Å². The highest BCUT2D eigenvalue weighted by atomic mass is 16.2. The zero-order chi connectivity index (χ0) is 22.3. The van der Waals surface area contributed by atoms with Gasteiger partial charge in [-0.05, 0) is 36.8 Å². The molecular formula is C25H23N5O2. The molecule has 0 aliphatic heterocycles. The van der Waals surface area contributed by atoms with E-state index in [0.29, 0.717) is 29.3 Å². The normalized spacial score (nSPS) is 10.5. The van der Waals surface area contributed by atoms with Gasteiger partial charge in [-0.2, -0.15) is 0 Å². The van der Waals surface area contributed by atoms with E-state index in [-0.39, 0.29) is 18.0 Å². The van der Waals surface area contributed by atoms with Gasteiger partial charge in [-0.1, -0.05) is 42.5 Å². The monoisotopic (exact) mass is 425 g/mol. The lowest BCUT2D eigenvalue weighted by molar-refractivity contribution is 0.102. The Morgan fingerprint density at radius 3 is 2.34 bits per heavy atom. The second kappa shape index (κ2) is 9.70. The Labute approximate surface area is 185 Å². The molecule has 3 heterocycles. The summed E-state index contributed by atoms with van der Waals surface area (Å²) in [6.07, 6.45) is 3.29. The van der Waals surface area contributed by atoms with Crippen LogP contribution in [-0.2, 0) is 13.1 Å². The Morgan fingerprint density at radius 2 is 1.66 bits per heavy atom. The van der Waals surface area contributed by atoms with Crippen molar-refractivity contribution in [1.29, 1.82) is 0 Å². The van der Waals surface area contributed by atoms with Crippen molar-refractivity contribution in [3.63, 3.8) is 0 Å². The third-order valence-corrected chi connectivity index (χ3v) is 5.08. The third-order valence-electron chi connectivity index (χ3n) is 5.08. The number of benzene rings is 1. The number of nitrogens with zero attached hydrogens (tertiary/aromatic N) is 3. The Balaban J connectivity index is 1.72. The molecule has 0 aliphatic carbocycles. The molecule has 0 bridgehead atoms. The van der Waals surface area contributed by atoms with Crippen LogP contribution in [0, 0.1) is 6.92 Å². The minimum absolute atomic E-state index is 0.210. The first kappa shape index (κ1) is 21.0. The van der Waals surface area contributed by atoms with E-state index in [9.17, 15) is 9.59 Å². The van der Waals surface area contributed by atoms with Crippen molar-refractivity contribution in [2.75, 3.05) is 10.6 Å². The Kier molecular flexibility index (Phi) is 6.36. The van der Waals surface area contributed by atoms with Crippen LogP contribution >= 0.6 is 0 Å². The molecule has 4 aromatic rings. The van der Waals surface area contributed by atoms with Gasteiger partial charge >= 0.3 is 0 Å². The standard InChI is InChI=1S/C25H23N5O2/c1-18-24(25(32)29-22-12-6-8-14-27-22)21(28-16-19-9-3-2-4-10-19)15-23(31)30(18)17-20-11-5-7-13-26-20/h2-15,28H,16-17H2,1H3,(H,27,29,32). The van der Waals surface area contributed by atoms with Gasteiger partial charge in [0.25, 0.3) is 11.5 Å². The molecule has 7 nitrogen and oxygen atoms in total. The summed E-state index contributed by atoms with van der Waals surface area (Å²) in [4.78, 5) is 34.7. The summed E-state index contributed by atoms with van der Waals surface area (Å²) in [5.41, 5.74) is 2.98. The molecule has 0 saturated heterocycles. The zero-order valence-electron chi connectivity index (χ0n) is 17.7. The molecule has 7 heteroatoms. The summed E-state index contributed by atoms with van der Waals surface area (Å²) in [5, 5.41) is 6.09. The van der Waals surface area contributed by atoms with E-state index in [2.05, 4.69) is 20.6 Å². The number of aromatic nitrogens is 3. The van der Waals surface area contributed by atoms with E-state index >= 15 is 0 Å². The number of pyridine rings is 3. The minimum Gasteiger partial charge on any atom is -0.380 e. The summed E-state index contributed by atoms with van der Waals surface area (Å²) in [7, 11) is 0. The van der Waals surface area contributed by atoms with E-state index in [1.54, 1.807) is 42.1 Å². The molecule has 3 aromatic heterocycles. The second-order valence-electron chi connectivity index (χ2n) is 7.27. The van der Waals surface area contributed by atoms with Crippen molar-refractivity contribution < 1.29 is 4.79 Å². The lowest BCUT2D eigenvalue weighted by Crippen LogP contribution is -2.28. The molecule has 0 saturated carbocycles. The van der Waals surface area contributed by atoms with Crippen LogP contribution in [0.2, 0.25) is 0 Å². The van der Waals surface area contributed by atoms with Crippen LogP contribution in [0.25, 0.3) is 0 Å². The number of nitrogens with one attached hydrogen (secondary N) is 2. The lowest BCUT2D eigenvalue weighted by Gasteiger charge is -2.18. The average Bonchev–Trinajstić information content (AvgIpc) is 2.82. The Bertz CT molecular complexity index is 1260. The van der Waals surface area contributed by atoms with Gasteiger partial charge in [-0.3, -0.25) is 14.6 Å². The van der Waals surface area contributed by atoms with Crippen molar-refractivity contribution in [1.82, 2.24) is 14.5 Å². The van der Waals surface area contributed by atoms with Crippen molar-refractivity contribution in [2.45, 2.75) is 20.0 Å². The fourth-order valence-corrected chi connectivity index (χ4v) is 3.45. The number of carbonyl (C=O) groups is 1. The molecule has 2 N–H and O–H groups in total. The fourth-order valence-electron chi connectivity index (χ4n) is 3.45. The summed E-state index contributed by atoms with van der Waals surface area (Å²) >= 11 is 0. The third kappa shape index (κ3) is 4.89. The second-order valence-corrected chi connectivity index (χ2v) is 7.27. The topological polar surface area (TPSA) is 88.9 Å². The van der Waals surface area contributed by atoms with Crippen LogP contribution in [0.15, 0.2) is 90.0 Å². The van der Waals surface area contributed by atoms with E-state index in [1.165, 1.54) is 6.07 Å². The molecule has 0 spiro atoms. The summed E-state index contributed by atoms with van der Waals surface area (Å²) in [6, 6.07) is 22.1. The van der Waals surface area contributed by atoms with Gasteiger partial charge in [0.1, 0.15) is 5.82 Å². The number of anilines is 2. The Hall–Kier alpha value is -4.26. The van der Waals surface area contributed by atoms with Crippen LogP contribution in [-0.4, -0.2) is 20.4 Å². The molecule has 1 aromatic carbocycles. The van der Waals surface area contributed by atoms with Crippen molar-refractivity contribution in [3.8, 4) is 0 Å². The van der Waals surface area contributed by atoms with Gasteiger partial charge < -0.3 is 15.2 Å². The maximum absolute atomic E-state index is 13.3. The van der Waals surface area contributed by atoms with E-state index in [4.69, 9.17) is 0 Å². The smallest absolute Gasteiger partial charge is 0.260 e. The van der Waals surface area contributed by atoms with Gasteiger partial charge in [0.15, 0.2) is 0 Å². The van der Waals surface area contributed by atoms with Crippen LogP contribution in [0.3, 0.4) is 0 Å². The molecule has 4 rings (SSSR count). The molecular weight excluding hydrogens is 402 g/mol. The molecule has 0 aliphatic rings. The van der Waals surface area contributed by atoms with E-state index < -0.39 is 0 Å². The van der Waals surface area contributed by atoms with Gasteiger partial charge in [-0.15, -0.1) is 0 Å². The highest BCUT2D eigenvalue weighted by molar-refractivity contribution is 6.08. The first-order valence-corrected chi connectivity index (χ1v) is 10.3. The molecule has 32 heavy (non-hydrogen) atoms. The maximum Gasteiger partial charge on any atom is 0.260 e. The van der Waals surface area contributed by atoms with Crippen molar-refractivity contribution in [2.24, 2.45) is 0 Å². The van der Waals surface area contributed by atoms with Gasteiger partial charge in [0, 0.05) is 30.7 Å². The molecule has 160 valence electrons. The van der Waals surface area contributed by atoms with Crippen molar-refractivity contribution in [3.05, 3.63) is 118 Å². The van der Waals surface area contributed by atoms with Crippen molar-refractivity contribution >= 4 is 17.4 Å². The molecule has 0 fully saturated rings. The Morgan fingerprint density at radius 1 is 0.938 bits per heavy atom. The highest BCUT2D eigenvalue weighted by Gasteiger charge is 2.20. The number of carbonyl (C=O) groups excluding carboxylic acids is 1. The van der Waals surface area contributed by atoms with Gasteiger partial charge in [0.2, 0.25) is 0 Å². The number of amides is 1. The molecule has 0 unspecified atom stereocenters. The summed E-state index contributed by atoms with van der Waals surface area (Å²) in [5.74, 6) is 0.0971. The highest BCUT2D eigenvalue weighted by Crippen LogP contribution is 2.21. The average molecular weight is 425 g/mol. The largest absolute Gasteiger partial charge is 0.380 e.